The number of hydrogen-bond donors (Lipinski definition) is 0. The molecule has 0 aromatic heterocycles. The summed E-state index contributed by atoms with van der Waals surface area (Å²) in [4.78, 5) is 19.3. The molecular weight excluding hydrogens is 270 g/mol. The van der Waals surface area contributed by atoms with Crippen LogP contribution in [0.1, 0.15) is 33.1 Å². The number of nitrogens with zero attached hydrogens (tertiary/aromatic N) is 3. The van der Waals surface area contributed by atoms with Gasteiger partial charge in [0, 0.05) is 43.5 Å². The summed E-state index contributed by atoms with van der Waals surface area (Å²) in [6.45, 7) is 8.02. The van der Waals surface area contributed by atoms with Crippen molar-refractivity contribution in [3.05, 3.63) is 0 Å². The maximum atomic E-state index is 12.7. The molecule has 2 bridgehead atoms. The van der Waals surface area contributed by atoms with E-state index in [2.05, 4.69) is 28.0 Å². The van der Waals surface area contributed by atoms with E-state index in [1.165, 1.54) is 12.8 Å². The Kier molecular flexibility index (Phi) is 5.61. The van der Waals surface area contributed by atoms with Crippen LogP contribution >= 0.6 is 11.8 Å². The normalized spacial score (nSPS) is 33.1. The zero-order valence-electron chi connectivity index (χ0n) is 13.3. The van der Waals surface area contributed by atoms with Crippen LogP contribution in [-0.4, -0.2) is 77.5 Å². The van der Waals surface area contributed by atoms with Crippen molar-refractivity contribution in [2.45, 2.75) is 50.4 Å². The Morgan fingerprint density at radius 3 is 2.15 bits per heavy atom. The number of carbonyl (C=O) groups excluding carboxylic acids is 1. The van der Waals surface area contributed by atoms with Crippen LogP contribution in [0, 0.1) is 0 Å². The van der Waals surface area contributed by atoms with E-state index in [0.29, 0.717) is 23.4 Å². The average molecular weight is 299 g/mol. The van der Waals surface area contributed by atoms with Crippen molar-refractivity contribution in [3.8, 4) is 0 Å². The van der Waals surface area contributed by atoms with Crippen LogP contribution in [0.5, 0.6) is 0 Å². The first-order valence-electron chi connectivity index (χ1n) is 7.97. The quantitative estimate of drug-likeness (QED) is 0.743. The zero-order chi connectivity index (χ0) is 14.7. The van der Waals surface area contributed by atoms with Gasteiger partial charge in [0.05, 0.1) is 0 Å². The monoisotopic (exact) mass is 299 g/mol. The Bertz CT molecular complexity index is 325. The summed E-state index contributed by atoms with van der Waals surface area (Å²) in [5, 5.41) is 0.652. The van der Waals surface area contributed by atoms with Gasteiger partial charge in [0.2, 0.25) is 0 Å². The zero-order valence-corrected chi connectivity index (χ0v) is 14.2. The standard InChI is InChI=1S/C13H23N3OS.C2H6/c1-14-7-10-3-4-11(8-14)16(10)13(17)15-6-5-12(9-15)18-2;1-2/h10-12H,3-9H2,1-2H3;1-2H3. The number of carbonyl (C=O) groups is 1. The molecule has 20 heavy (non-hydrogen) atoms. The fraction of sp³-hybridized carbons (Fsp3) is 0.933. The fourth-order valence-electron chi connectivity index (χ4n) is 3.68. The Balaban J connectivity index is 0.000000704. The Morgan fingerprint density at radius 1 is 1.05 bits per heavy atom. The lowest BCUT2D eigenvalue weighted by atomic mass is 10.2. The summed E-state index contributed by atoms with van der Waals surface area (Å²) in [7, 11) is 2.17. The molecule has 3 aliphatic rings. The van der Waals surface area contributed by atoms with Gasteiger partial charge in [0.25, 0.3) is 0 Å². The van der Waals surface area contributed by atoms with Gasteiger partial charge < -0.3 is 14.7 Å². The fourth-order valence-corrected chi connectivity index (χ4v) is 4.35. The van der Waals surface area contributed by atoms with Crippen LogP contribution in [0.25, 0.3) is 0 Å². The van der Waals surface area contributed by atoms with E-state index >= 15 is 0 Å². The molecule has 3 aliphatic heterocycles. The summed E-state index contributed by atoms with van der Waals surface area (Å²) in [6.07, 6.45) is 5.70. The van der Waals surface area contributed by atoms with Crippen molar-refractivity contribution in [1.29, 1.82) is 0 Å². The lowest BCUT2D eigenvalue weighted by Crippen LogP contribution is -2.57. The molecular formula is C15H29N3OS. The molecule has 0 saturated carbocycles. The van der Waals surface area contributed by atoms with Gasteiger partial charge in [-0.1, -0.05) is 13.8 Å². The molecule has 3 fully saturated rings. The van der Waals surface area contributed by atoms with Gasteiger partial charge in [-0.15, -0.1) is 0 Å². The Hall–Kier alpha value is -0.420. The second-order valence-electron chi connectivity index (χ2n) is 5.89. The summed E-state index contributed by atoms with van der Waals surface area (Å²) in [6, 6.07) is 1.25. The smallest absolute Gasteiger partial charge is 0.320 e. The molecule has 3 atom stereocenters. The molecule has 5 heteroatoms. The van der Waals surface area contributed by atoms with Crippen LogP contribution < -0.4 is 0 Å². The predicted octanol–water partition coefficient (Wildman–Crippen LogP) is 2.35. The number of likely N-dealkylation sites (N-methyl/N-ethyl adjacent to an activating group) is 1. The Labute approximate surface area is 127 Å². The summed E-state index contributed by atoms with van der Waals surface area (Å²) in [5.74, 6) is 0. The van der Waals surface area contributed by atoms with E-state index in [-0.39, 0.29) is 0 Å². The summed E-state index contributed by atoms with van der Waals surface area (Å²) >= 11 is 1.90. The first kappa shape index (κ1) is 16.0. The average Bonchev–Trinajstić information content (AvgIpc) is 3.04. The van der Waals surface area contributed by atoms with E-state index in [1.54, 1.807) is 0 Å². The highest BCUT2D eigenvalue weighted by Crippen LogP contribution is 2.32. The number of fused-ring (bicyclic) bond motifs is 2. The van der Waals surface area contributed by atoms with Crippen molar-refractivity contribution in [2.75, 3.05) is 39.5 Å². The molecule has 3 heterocycles. The molecule has 2 amide bonds. The van der Waals surface area contributed by atoms with E-state index in [9.17, 15) is 4.79 Å². The minimum atomic E-state index is 0.312. The molecule has 3 unspecified atom stereocenters. The first-order chi connectivity index (χ1) is 9.69. The second-order valence-corrected chi connectivity index (χ2v) is 7.03. The highest BCUT2D eigenvalue weighted by atomic mass is 32.2. The van der Waals surface area contributed by atoms with Crippen molar-refractivity contribution >= 4 is 17.8 Å². The van der Waals surface area contributed by atoms with Gasteiger partial charge >= 0.3 is 6.03 Å². The number of piperazine rings is 1. The molecule has 3 saturated heterocycles. The first-order valence-corrected chi connectivity index (χ1v) is 9.26. The number of thioether (sulfide) groups is 1. The number of likely N-dealkylation sites (tertiary alicyclic amines) is 2. The predicted molar refractivity (Wildman–Crippen MR) is 86.4 cm³/mol. The lowest BCUT2D eigenvalue weighted by Gasteiger charge is -2.41. The number of urea groups is 1. The Morgan fingerprint density at radius 2 is 1.65 bits per heavy atom. The third-order valence-corrected chi connectivity index (χ3v) is 5.69. The molecule has 0 aromatic rings. The molecule has 116 valence electrons. The van der Waals surface area contributed by atoms with Gasteiger partial charge in [-0.3, -0.25) is 0 Å². The highest BCUT2D eigenvalue weighted by molar-refractivity contribution is 7.99. The van der Waals surface area contributed by atoms with Crippen molar-refractivity contribution in [3.63, 3.8) is 0 Å². The molecule has 4 nitrogen and oxygen atoms in total. The number of hydrogen-bond acceptors (Lipinski definition) is 3. The van der Waals surface area contributed by atoms with Crippen LogP contribution in [0.4, 0.5) is 4.79 Å². The lowest BCUT2D eigenvalue weighted by molar-refractivity contribution is 0.0844. The SMILES string of the molecule is CC.CSC1CCN(C(=O)N2C3CCC2CN(C)C3)C1. The van der Waals surface area contributed by atoms with Crippen LogP contribution in [0.3, 0.4) is 0 Å². The van der Waals surface area contributed by atoms with Crippen LogP contribution in [0.2, 0.25) is 0 Å². The van der Waals surface area contributed by atoms with E-state index in [0.717, 1.165) is 32.6 Å². The van der Waals surface area contributed by atoms with Gasteiger partial charge in [-0.2, -0.15) is 11.8 Å². The van der Waals surface area contributed by atoms with Gasteiger partial charge in [0.1, 0.15) is 0 Å². The van der Waals surface area contributed by atoms with E-state index in [1.807, 2.05) is 25.6 Å². The molecule has 0 spiro atoms. The van der Waals surface area contributed by atoms with Gasteiger partial charge in [-0.25, -0.2) is 4.79 Å². The van der Waals surface area contributed by atoms with E-state index in [4.69, 9.17) is 0 Å². The summed E-state index contributed by atoms with van der Waals surface area (Å²) in [5.41, 5.74) is 0. The van der Waals surface area contributed by atoms with Gasteiger partial charge in [0.15, 0.2) is 0 Å². The molecule has 0 aromatic carbocycles. The van der Waals surface area contributed by atoms with Gasteiger partial charge in [-0.05, 0) is 32.6 Å². The van der Waals surface area contributed by atoms with Crippen molar-refractivity contribution in [2.24, 2.45) is 0 Å². The largest absolute Gasteiger partial charge is 0.323 e. The molecule has 0 N–H and O–H groups in total. The van der Waals surface area contributed by atoms with Crippen molar-refractivity contribution < 1.29 is 4.79 Å². The topological polar surface area (TPSA) is 26.8 Å². The third kappa shape index (κ3) is 3.08. The second kappa shape index (κ2) is 7.03. The molecule has 0 aliphatic carbocycles. The minimum Gasteiger partial charge on any atom is -0.323 e. The van der Waals surface area contributed by atoms with Crippen LogP contribution in [0.15, 0.2) is 0 Å². The summed E-state index contributed by atoms with van der Waals surface area (Å²) < 4.78 is 0. The van der Waals surface area contributed by atoms with E-state index < -0.39 is 0 Å². The maximum absolute atomic E-state index is 12.7. The molecule has 3 rings (SSSR count). The molecule has 0 radical (unpaired) electrons. The number of amides is 2. The maximum Gasteiger partial charge on any atom is 0.320 e. The van der Waals surface area contributed by atoms with Crippen LogP contribution in [-0.2, 0) is 0 Å². The number of rotatable bonds is 1. The van der Waals surface area contributed by atoms with Crippen molar-refractivity contribution in [1.82, 2.24) is 14.7 Å². The highest BCUT2D eigenvalue weighted by Gasteiger charge is 2.43. The third-order valence-electron chi connectivity index (χ3n) is 4.63. The minimum absolute atomic E-state index is 0.312.